The van der Waals surface area contributed by atoms with Crippen LogP contribution < -0.4 is 0 Å². The van der Waals surface area contributed by atoms with Crippen molar-refractivity contribution >= 4 is 17.8 Å². The zero-order valence-electron chi connectivity index (χ0n) is 13.7. The van der Waals surface area contributed by atoms with Crippen LogP contribution in [0.25, 0.3) is 11.5 Å². The van der Waals surface area contributed by atoms with Crippen molar-refractivity contribution in [3.63, 3.8) is 0 Å². The van der Waals surface area contributed by atoms with E-state index >= 15 is 0 Å². The van der Waals surface area contributed by atoms with Crippen LogP contribution in [0.1, 0.15) is 19.5 Å². The second kappa shape index (κ2) is 6.46. The van der Waals surface area contributed by atoms with Crippen molar-refractivity contribution in [2.24, 2.45) is 5.92 Å². The average molecular weight is 345 g/mol. The summed E-state index contributed by atoms with van der Waals surface area (Å²) in [6.07, 6.45) is 1.27. The molecule has 130 valence electrons. The number of carbonyl (C=O) groups excluding carboxylic acids is 3. The predicted octanol–water partition coefficient (Wildman–Crippen LogP) is 2.43. The first-order valence-electron chi connectivity index (χ1n) is 7.74. The Labute approximate surface area is 143 Å². The standard InChI is InChI=1S/C17H16FN3O4/c1-10(2)7-20-15(22)16(23)21(17(20)24)8-13-9-25-14(19-13)11-4-3-5-12(18)6-11/h3-6,9-10H,7-8H2,1-2H3. The van der Waals surface area contributed by atoms with Crippen molar-refractivity contribution in [2.45, 2.75) is 20.4 Å². The number of imide groups is 2. The van der Waals surface area contributed by atoms with E-state index in [2.05, 4.69) is 4.98 Å². The van der Waals surface area contributed by atoms with Gasteiger partial charge in [-0.25, -0.2) is 19.1 Å². The SMILES string of the molecule is CC(C)CN1C(=O)C(=O)N(Cc2coc(-c3cccc(F)c3)n2)C1=O. The summed E-state index contributed by atoms with van der Waals surface area (Å²) in [5.74, 6) is -1.95. The van der Waals surface area contributed by atoms with E-state index in [0.717, 1.165) is 9.80 Å². The van der Waals surface area contributed by atoms with Crippen LogP contribution in [0.15, 0.2) is 34.9 Å². The first kappa shape index (κ1) is 16.8. The van der Waals surface area contributed by atoms with E-state index in [-0.39, 0.29) is 24.9 Å². The van der Waals surface area contributed by atoms with Crippen molar-refractivity contribution in [2.75, 3.05) is 6.54 Å². The molecule has 7 nitrogen and oxygen atoms in total. The number of nitrogens with zero attached hydrogens (tertiary/aromatic N) is 3. The van der Waals surface area contributed by atoms with E-state index in [1.807, 2.05) is 13.8 Å². The maximum atomic E-state index is 13.3. The molecule has 2 aromatic rings. The van der Waals surface area contributed by atoms with Gasteiger partial charge in [0.1, 0.15) is 12.1 Å². The molecule has 0 bridgehead atoms. The van der Waals surface area contributed by atoms with E-state index < -0.39 is 23.7 Å². The highest BCUT2D eigenvalue weighted by Crippen LogP contribution is 2.22. The number of carbonyl (C=O) groups is 3. The summed E-state index contributed by atoms with van der Waals surface area (Å²) in [5, 5.41) is 0. The van der Waals surface area contributed by atoms with Crippen LogP contribution in [-0.4, -0.2) is 39.2 Å². The number of urea groups is 1. The quantitative estimate of drug-likeness (QED) is 0.614. The van der Waals surface area contributed by atoms with E-state index in [0.29, 0.717) is 11.3 Å². The van der Waals surface area contributed by atoms with Gasteiger partial charge in [-0.1, -0.05) is 19.9 Å². The first-order chi connectivity index (χ1) is 11.9. The topological polar surface area (TPSA) is 83.7 Å². The van der Waals surface area contributed by atoms with Gasteiger partial charge >= 0.3 is 17.8 Å². The monoisotopic (exact) mass is 345 g/mol. The smallest absolute Gasteiger partial charge is 0.334 e. The molecule has 1 fully saturated rings. The van der Waals surface area contributed by atoms with E-state index in [1.165, 1.54) is 24.5 Å². The summed E-state index contributed by atoms with van der Waals surface area (Å²) in [7, 11) is 0. The second-order valence-electron chi connectivity index (χ2n) is 6.14. The lowest BCUT2D eigenvalue weighted by atomic mass is 10.2. The molecule has 0 N–H and O–H groups in total. The summed E-state index contributed by atoms with van der Waals surface area (Å²) in [6, 6.07) is 5.03. The average Bonchev–Trinajstić information content (AvgIpc) is 3.10. The van der Waals surface area contributed by atoms with Gasteiger partial charge in [0.15, 0.2) is 0 Å². The lowest BCUT2D eigenvalue weighted by molar-refractivity contribution is -0.143. The zero-order valence-corrected chi connectivity index (χ0v) is 13.7. The Bertz CT molecular complexity index is 846. The Balaban J connectivity index is 1.78. The number of hydrogen-bond acceptors (Lipinski definition) is 5. The van der Waals surface area contributed by atoms with Crippen LogP contribution in [0.2, 0.25) is 0 Å². The highest BCUT2D eigenvalue weighted by atomic mass is 19.1. The fraction of sp³-hybridized carbons (Fsp3) is 0.294. The van der Waals surface area contributed by atoms with Crippen LogP contribution in [0.3, 0.4) is 0 Å². The third-order valence-electron chi connectivity index (χ3n) is 3.63. The van der Waals surface area contributed by atoms with Gasteiger partial charge in [0.05, 0.1) is 12.2 Å². The highest BCUT2D eigenvalue weighted by Gasteiger charge is 2.44. The Kier molecular flexibility index (Phi) is 4.35. The molecule has 0 unspecified atom stereocenters. The number of oxazole rings is 1. The van der Waals surface area contributed by atoms with Gasteiger partial charge in [-0.15, -0.1) is 0 Å². The molecule has 3 rings (SSSR count). The lowest BCUT2D eigenvalue weighted by Crippen LogP contribution is -2.35. The summed E-state index contributed by atoms with van der Waals surface area (Å²) in [6.45, 7) is 3.68. The first-order valence-corrected chi connectivity index (χ1v) is 7.74. The minimum atomic E-state index is -0.888. The van der Waals surface area contributed by atoms with Crippen LogP contribution in [0.5, 0.6) is 0 Å². The number of hydrogen-bond donors (Lipinski definition) is 0. The van der Waals surface area contributed by atoms with Crippen molar-refractivity contribution in [1.29, 1.82) is 0 Å². The van der Waals surface area contributed by atoms with Crippen molar-refractivity contribution in [1.82, 2.24) is 14.8 Å². The van der Waals surface area contributed by atoms with E-state index in [9.17, 15) is 18.8 Å². The van der Waals surface area contributed by atoms with Crippen molar-refractivity contribution < 1.29 is 23.2 Å². The van der Waals surface area contributed by atoms with Gasteiger partial charge in [-0.3, -0.25) is 14.5 Å². The molecule has 25 heavy (non-hydrogen) atoms. The third kappa shape index (κ3) is 3.28. The Hall–Kier alpha value is -3.03. The number of amides is 4. The van der Waals surface area contributed by atoms with Crippen molar-refractivity contribution in [3.05, 3.63) is 42.0 Å². The summed E-state index contributed by atoms with van der Waals surface area (Å²) in [5.41, 5.74) is 0.725. The Morgan fingerprint density at radius 2 is 1.88 bits per heavy atom. The minimum Gasteiger partial charge on any atom is -0.444 e. The molecule has 0 atom stereocenters. The summed E-state index contributed by atoms with van der Waals surface area (Å²) < 4.78 is 18.5. The molecule has 8 heteroatoms. The fourth-order valence-corrected chi connectivity index (χ4v) is 2.51. The van der Waals surface area contributed by atoms with Gasteiger partial charge in [-0.2, -0.15) is 0 Å². The maximum absolute atomic E-state index is 13.3. The van der Waals surface area contributed by atoms with E-state index in [1.54, 1.807) is 6.07 Å². The predicted molar refractivity (Wildman–Crippen MR) is 84.4 cm³/mol. The van der Waals surface area contributed by atoms with Gasteiger partial charge < -0.3 is 4.42 Å². The second-order valence-corrected chi connectivity index (χ2v) is 6.14. The van der Waals surface area contributed by atoms with Gasteiger partial charge in [0, 0.05) is 12.1 Å². The Morgan fingerprint density at radius 3 is 2.56 bits per heavy atom. The number of rotatable bonds is 5. The van der Waals surface area contributed by atoms with E-state index in [4.69, 9.17) is 4.42 Å². The minimum absolute atomic E-state index is 0.0484. The molecule has 4 amide bonds. The van der Waals surface area contributed by atoms with Gasteiger partial charge in [0.25, 0.3) is 0 Å². The molecule has 0 saturated carbocycles. The molecule has 1 aromatic heterocycles. The molecule has 1 aliphatic heterocycles. The number of aromatic nitrogens is 1. The highest BCUT2D eigenvalue weighted by molar-refractivity contribution is 6.44. The molecular weight excluding hydrogens is 329 g/mol. The molecule has 0 aliphatic carbocycles. The maximum Gasteiger partial charge on any atom is 0.334 e. The summed E-state index contributed by atoms with van der Waals surface area (Å²) in [4.78, 5) is 42.2. The fourth-order valence-electron chi connectivity index (χ4n) is 2.51. The van der Waals surface area contributed by atoms with Gasteiger partial charge in [-0.05, 0) is 24.1 Å². The normalized spacial score (nSPS) is 15.0. The molecule has 2 heterocycles. The van der Waals surface area contributed by atoms with Crippen LogP contribution in [0.4, 0.5) is 9.18 Å². The summed E-state index contributed by atoms with van der Waals surface area (Å²) >= 11 is 0. The molecule has 0 radical (unpaired) electrons. The van der Waals surface area contributed by atoms with Crippen LogP contribution >= 0.6 is 0 Å². The van der Waals surface area contributed by atoms with Crippen molar-refractivity contribution in [3.8, 4) is 11.5 Å². The molecule has 1 aromatic carbocycles. The third-order valence-corrected chi connectivity index (χ3v) is 3.63. The van der Waals surface area contributed by atoms with Crippen LogP contribution in [0, 0.1) is 11.7 Å². The molecule has 1 aliphatic rings. The molecular formula is C17H16FN3O4. The Morgan fingerprint density at radius 1 is 1.16 bits per heavy atom. The number of benzene rings is 1. The van der Waals surface area contributed by atoms with Gasteiger partial charge in [0.2, 0.25) is 5.89 Å². The lowest BCUT2D eigenvalue weighted by Gasteiger charge is -2.16. The largest absolute Gasteiger partial charge is 0.444 e. The van der Waals surface area contributed by atoms with Crippen LogP contribution in [-0.2, 0) is 16.1 Å². The molecule has 1 saturated heterocycles. The number of halogens is 1. The zero-order chi connectivity index (χ0) is 18.1. The molecule has 0 spiro atoms.